The molecule has 1 aromatic carbocycles. The molecule has 5 nitrogen and oxygen atoms in total. The topological polar surface area (TPSA) is 72.5 Å². The Morgan fingerprint density at radius 1 is 1.45 bits per heavy atom. The van der Waals surface area contributed by atoms with Crippen molar-refractivity contribution in [2.24, 2.45) is 5.92 Å². The number of aryl methyl sites for hydroxylation is 1. The van der Waals surface area contributed by atoms with E-state index in [2.05, 4.69) is 5.32 Å². The first-order valence-corrected chi connectivity index (χ1v) is 9.01. The molecule has 1 unspecified atom stereocenters. The molecule has 7 heteroatoms. The highest BCUT2D eigenvalue weighted by Gasteiger charge is 2.27. The normalized spacial score (nSPS) is 19.8. The van der Waals surface area contributed by atoms with Crippen LogP contribution in [0, 0.1) is 11.7 Å². The van der Waals surface area contributed by atoms with Gasteiger partial charge in [-0.3, -0.25) is 4.79 Å². The van der Waals surface area contributed by atoms with Gasteiger partial charge in [0, 0.05) is 13.0 Å². The number of nitrogens with one attached hydrogen (secondary N) is 1. The Morgan fingerprint density at radius 3 is 2.82 bits per heavy atom. The monoisotopic (exact) mass is 329 g/mol. The van der Waals surface area contributed by atoms with E-state index in [9.17, 15) is 17.6 Å². The van der Waals surface area contributed by atoms with E-state index in [0.29, 0.717) is 19.4 Å². The minimum atomic E-state index is -2.91. The summed E-state index contributed by atoms with van der Waals surface area (Å²) in [6.45, 7) is 0.384. The van der Waals surface area contributed by atoms with Gasteiger partial charge in [0.05, 0.1) is 18.6 Å². The van der Waals surface area contributed by atoms with Crippen LogP contribution in [0.15, 0.2) is 18.2 Å². The Balaban J connectivity index is 1.75. The first-order chi connectivity index (χ1) is 10.4. The molecular formula is C15H20FNO4S. The SMILES string of the molecule is COc1ccc(CCC(=O)NCC2CCS(=O)(=O)C2)cc1F. The summed E-state index contributed by atoms with van der Waals surface area (Å²) >= 11 is 0. The predicted molar refractivity (Wildman–Crippen MR) is 81.0 cm³/mol. The van der Waals surface area contributed by atoms with Gasteiger partial charge in [0.2, 0.25) is 5.91 Å². The third-order valence-electron chi connectivity index (χ3n) is 3.77. The summed E-state index contributed by atoms with van der Waals surface area (Å²) in [6.07, 6.45) is 1.27. The predicted octanol–water partition coefficient (Wildman–Crippen LogP) is 1.32. The molecule has 22 heavy (non-hydrogen) atoms. The first-order valence-electron chi connectivity index (χ1n) is 7.19. The number of benzene rings is 1. The fourth-order valence-electron chi connectivity index (χ4n) is 2.50. The molecule has 1 heterocycles. The maximum Gasteiger partial charge on any atom is 0.220 e. The summed E-state index contributed by atoms with van der Waals surface area (Å²) in [4.78, 5) is 11.8. The zero-order valence-electron chi connectivity index (χ0n) is 12.5. The number of halogens is 1. The highest BCUT2D eigenvalue weighted by molar-refractivity contribution is 7.91. The standard InChI is InChI=1S/C15H20FNO4S/c1-21-14-4-2-11(8-13(14)16)3-5-15(18)17-9-12-6-7-22(19,20)10-12/h2,4,8,12H,3,5-7,9-10H2,1H3,(H,17,18). The Hall–Kier alpha value is -1.63. The van der Waals surface area contributed by atoms with Crippen LogP contribution in [0.2, 0.25) is 0 Å². The molecule has 1 atom stereocenters. The largest absolute Gasteiger partial charge is 0.494 e. The van der Waals surface area contributed by atoms with E-state index in [1.54, 1.807) is 6.07 Å². The van der Waals surface area contributed by atoms with Crippen molar-refractivity contribution in [2.45, 2.75) is 19.3 Å². The van der Waals surface area contributed by atoms with Crippen LogP contribution in [-0.2, 0) is 21.1 Å². The van der Waals surface area contributed by atoms with Crippen LogP contribution in [0.4, 0.5) is 4.39 Å². The Bertz CT molecular complexity index is 645. The summed E-state index contributed by atoms with van der Waals surface area (Å²) in [5.41, 5.74) is 0.719. The van der Waals surface area contributed by atoms with E-state index in [1.165, 1.54) is 19.2 Å². The molecule has 1 aliphatic rings. The number of carbonyl (C=O) groups is 1. The second-order valence-corrected chi connectivity index (χ2v) is 7.77. The first kappa shape index (κ1) is 16.7. The molecule has 1 N–H and O–H groups in total. The zero-order chi connectivity index (χ0) is 16.2. The molecule has 0 saturated carbocycles. The van der Waals surface area contributed by atoms with E-state index < -0.39 is 15.7 Å². The van der Waals surface area contributed by atoms with E-state index >= 15 is 0 Å². The number of methoxy groups -OCH3 is 1. The number of sulfone groups is 1. The zero-order valence-corrected chi connectivity index (χ0v) is 13.3. The van der Waals surface area contributed by atoms with Crippen molar-refractivity contribution < 1.29 is 22.3 Å². The molecular weight excluding hydrogens is 309 g/mol. The summed E-state index contributed by atoms with van der Waals surface area (Å²) in [6, 6.07) is 4.61. The van der Waals surface area contributed by atoms with Gasteiger partial charge in [-0.05, 0) is 36.5 Å². The van der Waals surface area contributed by atoms with Crippen molar-refractivity contribution in [1.82, 2.24) is 5.32 Å². The van der Waals surface area contributed by atoms with Gasteiger partial charge in [-0.25, -0.2) is 12.8 Å². The van der Waals surface area contributed by atoms with Crippen LogP contribution in [0.25, 0.3) is 0 Å². The summed E-state index contributed by atoms with van der Waals surface area (Å²) < 4.78 is 41.0. The van der Waals surface area contributed by atoms with Crippen LogP contribution in [0.5, 0.6) is 5.75 Å². The molecule has 1 amide bonds. The molecule has 0 radical (unpaired) electrons. The smallest absolute Gasteiger partial charge is 0.220 e. The van der Waals surface area contributed by atoms with Crippen molar-refractivity contribution in [2.75, 3.05) is 25.2 Å². The molecule has 2 rings (SSSR count). The lowest BCUT2D eigenvalue weighted by Gasteiger charge is -2.10. The molecule has 122 valence electrons. The molecule has 1 aliphatic heterocycles. The lowest BCUT2D eigenvalue weighted by molar-refractivity contribution is -0.121. The van der Waals surface area contributed by atoms with Gasteiger partial charge in [-0.2, -0.15) is 0 Å². The van der Waals surface area contributed by atoms with Gasteiger partial charge >= 0.3 is 0 Å². The minimum Gasteiger partial charge on any atom is -0.494 e. The van der Waals surface area contributed by atoms with Crippen molar-refractivity contribution >= 4 is 15.7 Å². The molecule has 0 bridgehead atoms. The quantitative estimate of drug-likeness (QED) is 0.854. The lowest BCUT2D eigenvalue weighted by atomic mass is 10.1. The third-order valence-corrected chi connectivity index (χ3v) is 5.61. The summed E-state index contributed by atoms with van der Waals surface area (Å²) in [5, 5.41) is 2.75. The number of amides is 1. The van der Waals surface area contributed by atoms with Crippen LogP contribution in [0.1, 0.15) is 18.4 Å². The van der Waals surface area contributed by atoms with Crippen LogP contribution in [0.3, 0.4) is 0 Å². The molecule has 0 aromatic heterocycles. The molecule has 1 saturated heterocycles. The fourth-order valence-corrected chi connectivity index (χ4v) is 4.36. The van der Waals surface area contributed by atoms with Crippen LogP contribution < -0.4 is 10.1 Å². The summed E-state index contributed by atoms with van der Waals surface area (Å²) in [5.74, 6) is -0.0598. The average Bonchev–Trinajstić information content (AvgIpc) is 2.82. The second kappa shape index (κ2) is 7.09. The Labute approximate surface area is 129 Å². The van der Waals surface area contributed by atoms with E-state index in [0.717, 1.165) is 5.56 Å². The second-order valence-electron chi connectivity index (χ2n) is 5.54. The number of carbonyl (C=O) groups excluding carboxylic acids is 1. The van der Waals surface area contributed by atoms with Gasteiger partial charge < -0.3 is 10.1 Å². The van der Waals surface area contributed by atoms with Crippen molar-refractivity contribution in [3.05, 3.63) is 29.6 Å². The number of hydrogen-bond acceptors (Lipinski definition) is 4. The van der Waals surface area contributed by atoms with Gasteiger partial charge in [-0.15, -0.1) is 0 Å². The Morgan fingerprint density at radius 2 is 2.23 bits per heavy atom. The maximum absolute atomic E-state index is 13.5. The van der Waals surface area contributed by atoms with Gasteiger partial charge in [0.15, 0.2) is 21.4 Å². The average molecular weight is 329 g/mol. The number of hydrogen-bond donors (Lipinski definition) is 1. The molecule has 0 aliphatic carbocycles. The van der Waals surface area contributed by atoms with Crippen LogP contribution in [-0.4, -0.2) is 39.5 Å². The maximum atomic E-state index is 13.5. The number of ether oxygens (including phenoxy) is 1. The minimum absolute atomic E-state index is 0.00683. The van der Waals surface area contributed by atoms with Crippen LogP contribution >= 0.6 is 0 Å². The fraction of sp³-hybridized carbons (Fsp3) is 0.533. The van der Waals surface area contributed by atoms with Crippen molar-refractivity contribution in [3.8, 4) is 5.75 Å². The van der Waals surface area contributed by atoms with Gasteiger partial charge in [-0.1, -0.05) is 6.07 Å². The molecule has 1 fully saturated rings. The van der Waals surface area contributed by atoms with E-state index in [4.69, 9.17) is 4.74 Å². The van der Waals surface area contributed by atoms with E-state index in [1.807, 2.05) is 0 Å². The molecule has 0 spiro atoms. The van der Waals surface area contributed by atoms with Gasteiger partial charge in [0.25, 0.3) is 0 Å². The third kappa shape index (κ3) is 4.69. The van der Waals surface area contributed by atoms with Crippen molar-refractivity contribution in [3.63, 3.8) is 0 Å². The highest BCUT2D eigenvalue weighted by atomic mass is 32.2. The van der Waals surface area contributed by atoms with Gasteiger partial charge in [0.1, 0.15) is 0 Å². The summed E-state index contributed by atoms with van der Waals surface area (Å²) in [7, 11) is -1.52. The Kier molecular flexibility index (Phi) is 5.39. The van der Waals surface area contributed by atoms with Crippen molar-refractivity contribution in [1.29, 1.82) is 0 Å². The van der Waals surface area contributed by atoms with E-state index in [-0.39, 0.29) is 35.5 Å². The molecule has 1 aromatic rings. The highest BCUT2D eigenvalue weighted by Crippen LogP contribution is 2.19. The lowest BCUT2D eigenvalue weighted by Crippen LogP contribution is -2.29. The number of rotatable bonds is 6.